The summed E-state index contributed by atoms with van der Waals surface area (Å²) in [5.74, 6) is 0.296. The molecule has 1 amide bonds. The second-order valence-electron chi connectivity index (χ2n) is 5.76. The van der Waals surface area contributed by atoms with Crippen molar-refractivity contribution < 1.29 is 4.79 Å². The molecule has 102 valence electrons. The fourth-order valence-corrected chi connectivity index (χ4v) is 3.38. The molecule has 1 saturated heterocycles. The van der Waals surface area contributed by atoms with Crippen molar-refractivity contribution >= 4 is 5.91 Å². The lowest BCUT2D eigenvalue weighted by Crippen LogP contribution is -2.38. The molecule has 1 fully saturated rings. The maximum atomic E-state index is 12.2. The van der Waals surface area contributed by atoms with E-state index in [4.69, 9.17) is 0 Å². The zero-order chi connectivity index (χ0) is 13.2. The van der Waals surface area contributed by atoms with Crippen molar-refractivity contribution in [1.29, 1.82) is 0 Å². The Labute approximate surface area is 115 Å². The average Bonchev–Trinajstić information content (AvgIpc) is 3.08. The molecule has 1 heterocycles. The van der Waals surface area contributed by atoms with E-state index in [1.165, 1.54) is 24.0 Å². The van der Waals surface area contributed by atoms with Crippen molar-refractivity contribution in [3.63, 3.8) is 0 Å². The maximum absolute atomic E-state index is 12.2. The third-order valence-electron chi connectivity index (χ3n) is 4.48. The highest BCUT2D eigenvalue weighted by atomic mass is 16.2. The summed E-state index contributed by atoms with van der Waals surface area (Å²) in [6, 6.07) is 9.06. The molecular weight excluding hydrogens is 236 g/mol. The predicted octanol–water partition coefficient (Wildman–Crippen LogP) is 2.23. The Morgan fingerprint density at radius 1 is 1.32 bits per heavy atom. The molecule has 0 bridgehead atoms. The van der Waals surface area contributed by atoms with Crippen molar-refractivity contribution in [1.82, 2.24) is 9.80 Å². The van der Waals surface area contributed by atoms with Crippen LogP contribution in [0.15, 0.2) is 24.3 Å². The van der Waals surface area contributed by atoms with Crippen molar-refractivity contribution in [3.8, 4) is 0 Å². The number of aryl methyl sites for hydroxylation is 1. The highest BCUT2D eigenvalue weighted by Crippen LogP contribution is 2.34. The Morgan fingerprint density at radius 3 is 2.84 bits per heavy atom. The minimum absolute atomic E-state index is 0.296. The second-order valence-corrected chi connectivity index (χ2v) is 5.76. The fourth-order valence-electron chi connectivity index (χ4n) is 3.38. The van der Waals surface area contributed by atoms with Crippen LogP contribution in [0.3, 0.4) is 0 Å². The van der Waals surface area contributed by atoms with Crippen LogP contribution in [-0.2, 0) is 11.2 Å². The summed E-state index contributed by atoms with van der Waals surface area (Å²) < 4.78 is 0. The number of benzene rings is 1. The number of amides is 1. The molecule has 0 spiro atoms. The highest BCUT2D eigenvalue weighted by molar-refractivity contribution is 5.78. The van der Waals surface area contributed by atoms with Gasteiger partial charge in [-0.15, -0.1) is 0 Å². The first-order valence-electron chi connectivity index (χ1n) is 7.31. The van der Waals surface area contributed by atoms with Crippen LogP contribution in [0.2, 0.25) is 0 Å². The molecule has 1 aliphatic heterocycles. The number of nitrogens with zero attached hydrogens (tertiary/aromatic N) is 2. The molecule has 3 heteroatoms. The van der Waals surface area contributed by atoms with Crippen LogP contribution < -0.4 is 0 Å². The van der Waals surface area contributed by atoms with Gasteiger partial charge in [-0.3, -0.25) is 9.69 Å². The summed E-state index contributed by atoms with van der Waals surface area (Å²) in [5, 5.41) is 0. The zero-order valence-corrected chi connectivity index (χ0v) is 11.6. The van der Waals surface area contributed by atoms with Gasteiger partial charge in [-0.1, -0.05) is 24.3 Å². The summed E-state index contributed by atoms with van der Waals surface area (Å²) in [6.07, 6.45) is 4.62. The number of rotatable bonds is 3. The van der Waals surface area contributed by atoms with Gasteiger partial charge in [0.25, 0.3) is 0 Å². The first-order chi connectivity index (χ1) is 9.25. The second kappa shape index (κ2) is 5.33. The van der Waals surface area contributed by atoms with Gasteiger partial charge in [0, 0.05) is 19.1 Å². The normalized spacial score (nSPS) is 22.0. The van der Waals surface area contributed by atoms with E-state index in [1.54, 1.807) is 0 Å². The quantitative estimate of drug-likeness (QED) is 0.830. The van der Waals surface area contributed by atoms with Gasteiger partial charge in [-0.25, -0.2) is 0 Å². The van der Waals surface area contributed by atoms with Crippen molar-refractivity contribution in [2.75, 3.05) is 26.7 Å². The molecule has 0 N–H and O–H groups in total. The van der Waals surface area contributed by atoms with E-state index in [0.29, 0.717) is 18.5 Å². The molecule has 19 heavy (non-hydrogen) atoms. The Kier molecular flexibility index (Phi) is 3.56. The van der Waals surface area contributed by atoms with Gasteiger partial charge >= 0.3 is 0 Å². The lowest BCUT2D eigenvalue weighted by Gasteiger charge is -2.26. The molecule has 1 aromatic rings. The molecule has 3 nitrogen and oxygen atoms in total. The zero-order valence-electron chi connectivity index (χ0n) is 11.6. The molecule has 0 radical (unpaired) electrons. The SMILES string of the molecule is CN(CC(=O)N1CCCC1)C1CCc2ccccc21. The van der Waals surface area contributed by atoms with Gasteiger partial charge in [-0.2, -0.15) is 0 Å². The Bertz CT molecular complexity index is 466. The molecule has 0 aromatic heterocycles. The Hall–Kier alpha value is -1.35. The number of likely N-dealkylation sites (tertiary alicyclic amines) is 1. The Morgan fingerprint density at radius 2 is 2.05 bits per heavy atom. The van der Waals surface area contributed by atoms with Gasteiger partial charge in [-0.05, 0) is 43.9 Å². The third-order valence-corrected chi connectivity index (χ3v) is 4.48. The topological polar surface area (TPSA) is 23.6 Å². The van der Waals surface area contributed by atoms with Gasteiger partial charge in [0.15, 0.2) is 0 Å². The molecule has 2 aliphatic rings. The monoisotopic (exact) mass is 258 g/mol. The largest absolute Gasteiger partial charge is 0.342 e. The van der Waals surface area contributed by atoms with E-state index < -0.39 is 0 Å². The predicted molar refractivity (Wildman–Crippen MR) is 75.9 cm³/mol. The van der Waals surface area contributed by atoms with Gasteiger partial charge in [0.2, 0.25) is 5.91 Å². The Balaban J connectivity index is 1.65. The summed E-state index contributed by atoms with van der Waals surface area (Å²) in [6.45, 7) is 2.46. The van der Waals surface area contributed by atoms with Crippen LogP contribution in [0, 0.1) is 0 Å². The molecule has 1 unspecified atom stereocenters. The van der Waals surface area contributed by atoms with Crippen LogP contribution in [0.5, 0.6) is 0 Å². The molecule has 1 atom stereocenters. The van der Waals surface area contributed by atoms with E-state index in [9.17, 15) is 4.79 Å². The minimum Gasteiger partial charge on any atom is -0.342 e. The van der Waals surface area contributed by atoms with E-state index in [1.807, 2.05) is 4.90 Å². The van der Waals surface area contributed by atoms with Crippen LogP contribution in [-0.4, -0.2) is 42.4 Å². The van der Waals surface area contributed by atoms with Crippen LogP contribution in [0.25, 0.3) is 0 Å². The van der Waals surface area contributed by atoms with Crippen molar-refractivity contribution in [2.24, 2.45) is 0 Å². The van der Waals surface area contributed by atoms with Gasteiger partial charge in [0.1, 0.15) is 0 Å². The highest BCUT2D eigenvalue weighted by Gasteiger charge is 2.28. The molecule has 3 rings (SSSR count). The minimum atomic E-state index is 0.296. The molecule has 0 saturated carbocycles. The number of hydrogen-bond donors (Lipinski definition) is 0. The number of likely N-dealkylation sites (N-methyl/N-ethyl adjacent to an activating group) is 1. The summed E-state index contributed by atoms with van der Waals surface area (Å²) in [4.78, 5) is 16.4. The average molecular weight is 258 g/mol. The summed E-state index contributed by atoms with van der Waals surface area (Å²) in [7, 11) is 2.08. The van der Waals surface area contributed by atoms with E-state index in [2.05, 4.69) is 36.2 Å². The van der Waals surface area contributed by atoms with Crippen molar-refractivity contribution in [3.05, 3.63) is 35.4 Å². The number of fused-ring (bicyclic) bond motifs is 1. The van der Waals surface area contributed by atoms with Gasteiger partial charge < -0.3 is 4.90 Å². The fraction of sp³-hybridized carbons (Fsp3) is 0.562. The first-order valence-corrected chi connectivity index (χ1v) is 7.31. The molecule has 1 aliphatic carbocycles. The van der Waals surface area contributed by atoms with E-state index >= 15 is 0 Å². The van der Waals surface area contributed by atoms with E-state index in [0.717, 1.165) is 25.9 Å². The number of carbonyl (C=O) groups is 1. The third kappa shape index (κ3) is 2.52. The van der Waals surface area contributed by atoms with Crippen LogP contribution in [0.1, 0.15) is 36.4 Å². The lowest BCUT2D eigenvalue weighted by molar-refractivity contribution is -0.131. The number of carbonyl (C=O) groups excluding carboxylic acids is 1. The molecule has 1 aromatic carbocycles. The standard InChI is InChI=1S/C16H22N2O/c1-17(12-16(19)18-10-4-5-11-18)15-9-8-13-6-2-3-7-14(13)15/h2-3,6-7,15H,4-5,8-12H2,1H3. The van der Waals surface area contributed by atoms with Gasteiger partial charge in [0.05, 0.1) is 6.54 Å². The number of hydrogen-bond acceptors (Lipinski definition) is 2. The smallest absolute Gasteiger partial charge is 0.236 e. The maximum Gasteiger partial charge on any atom is 0.236 e. The van der Waals surface area contributed by atoms with Crippen molar-refractivity contribution in [2.45, 2.75) is 31.7 Å². The van der Waals surface area contributed by atoms with Crippen LogP contribution in [0.4, 0.5) is 0 Å². The summed E-state index contributed by atoms with van der Waals surface area (Å²) >= 11 is 0. The first kappa shape index (κ1) is 12.7. The summed E-state index contributed by atoms with van der Waals surface area (Å²) in [5.41, 5.74) is 2.87. The van der Waals surface area contributed by atoms with Crippen LogP contribution >= 0.6 is 0 Å². The molecular formula is C16H22N2O. The lowest BCUT2D eigenvalue weighted by atomic mass is 10.1. The van der Waals surface area contributed by atoms with E-state index in [-0.39, 0.29) is 0 Å².